The Morgan fingerprint density at radius 3 is 0.784 bits per heavy atom. The van der Waals surface area contributed by atoms with Gasteiger partial charge in [0.15, 0.2) is 6.10 Å². The molecular weight excluding hydrogens is 1280 g/mol. The summed E-state index contributed by atoms with van der Waals surface area (Å²) in [7, 11) is 1.46. The molecule has 0 rings (SSSR count). The van der Waals surface area contributed by atoms with E-state index >= 15 is 0 Å². The second-order valence-electron chi connectivity index (χ2n) is 27.7. The van der Waals surface area contributed by atoms with Gasteiger partial charge in [0.2, 0.25) is 0 Å². The molecule has 0 aliphatic heterocycles. The fourth-order valence-corrected chi connectivity index (χ4v) is 11.4. The predicted octanol–water partition coefficient (Wildman–Crippen LogP) is 27.7. The Hall–Kier alpha value is -5.41. The van der Waals surface area contributed by atoms with Gasteiger partial charge in [-0.3, -0.25) is 18.6 Å². The number of phosphoric acid groups is 1. The number of nitrogens with zero attached hydrogens (tertiary/aromatic N) is 1. The van der Waals surface area contributed by atoms with Gasteiger partial charge in [0, 0.05) is 12.8 Å². The maximum atomic E-state index is 12.9. The van der Waals surface area contributed by atoms with E-state index in [1.165, 1.54) is 122 Å². The van der Waals surface area contributed by atoms with E-state index in [0.29, 0.717) is 17.4 Å². The van der Waals surface area contributed by atoms with Crippen LogP contribution >= 0.6 is 7.82 Å². The number of phosphoric ester groups is 1. The van der Waals surface area contributed by atoms with Crippen molar-refractivity contribution >= 4 is 19.8 Å². The molecule has 576 valence electrons. The van der Waals surface area contributed by atoms with Gasteiger partial charge >= 0.3 is 19.8 Å². The SMILES string of the molecule is CC/C=C\C/C=C\C/C=C\C/C=C\C/C=C\C/C=C\C/C=C\C/C=C\C/C=C\CCCCCCCCCCCCCC(=O)OC(COC(=O)CCCCCCCCCCCCCCCC/C=C\C/C=C\C/C=C\C/C=C\C/C=C\C/C=C\C/C=C\C/C=C\CC)COP(=O)(O)OCC[N+](C)(C)C. The van der Waals surface area contributed by atoms with Crippen molar-refractivity contribution in [1.82, 2.24) is 0 Å². The molecule has 102 heavy (non-hydrogen) atoms. The summed E-state index contributed by atoms with van der Waals surface area (Å²) in [6.07, 6.45) is 125. The number of hydrogen-bond acceptors (Lipinski definition) is 7. The highest BCUT2D eigenvalue weighted by molar-refractivity contribution is 7.47. The van der Waals surface area contributed by atoms with Crippen LogP contribution in [0.2, 0.25) is 0 Å². The summed E-state index contributed by atoms with van der Waals surface area (Å²) in [6, 6.07) is 0. The first-order valence-electron chi connectivity index (χ1n) is 40.8. The Labute approximate surface area is 627 Å². The zero-order valence-electron chi connectivity index (χ0n) is 65.8. The van der Waals surface area contributed by atoms with Crippen LogP contribution in [0.4, 0.5) is 0 Å². The number of ether oxygens (including phenoxy) is 2. The average molecular weight is 1430 g/mol. The second kappa shape index (κ2) is 79.7. The van der Waals surface area contributed by atoms with E-state index in [-0.39, 0.29) is 32.0 Å². The summed E-state index contributed by atoms with van der Waals surface area (Å²) in [5, 5.41) is 0. The molecule has 1 N–H and O–H groups in total. The number of carbonyl (C=O) groups excluding carboxylic acids is 2. The highest BCUT2D eigenvalue weighted by Crippen LogP contribution is 2.43. The smallest absolute Gasteiger partial charge is 0.462 e. The van der Waals surface area contributed by atoms with Gasteiger partial charge in [-0.25, -0.2) is 4.57 Å². The largest absolute Gasteiger partial charge is 0.472 e. The Kier molecular flexibility index (Phi) is 75.5. The van der Waals surface area contributed by atoms with Gasteiger partial charge in [0.05, 0.1) is 27.7 Å². The highest BCUT2D eigenvalue weighted by atomic mass is 31.2. The van der Waals surface area contributed by atoms with Crippen LogP contribution in [0.1, 0.15) is 309 Å². The number of likely N-dealkylation sites (N-methyl/N-ethyl adjacent to an activating group) is 1. The zero-order chi connectivity index (χ0) is 74.0. The van der Waals surface area contributed by atoms with Gasteiger partial charge in [-0.2, -0.15) is 0 Å². The molecule has 0 spiro atoms. The Bertz CT molecular complexity index is 2480. The van der Waals surface area contributed by atoms with Crippen molar-refractivity contribution in [2.24, 2.45) is 0 Å². The second-order valence-corrected chi connectivity index (χ2v) is 29.1. The summed E-state index contributed by atoms with van der Waals surface area (Å²) in [5.41, 5.74) is 0. The molecule has 0 bridgehead atoms. The van der Waals surface area contributed by atoms with Crippen molar-refractivity contribution in [2.45, 2.75) is 315 Å². The summed E-state index contributed by atoms with van der Waals surface area (Å²) in [6.45, 7) is 4.20. The third kappa shape index (κ3) is 83.5. The van der Waals surface area contributed by atoms with Gasteiger partial charge in [0.1, 0.15) is 19.8 Å². The molecule has 0 fully saturated rings. The standard InChI is InChI=1S/C92H150NO8P/c1-6-8-10-12-14-16-18-20-22-24-26-28-30-32-34-36-38-40-42-44-46-48-50-52-54-56-58-60-62-64-66-68-70-72-74-76-78-80-82-84-91(94)98-88-90(89-100-102(96,97)99-87-86-93(3,4)5)101-92(95)85-83-81-79-77-75-73-71-69-67-65-63-61-59-57-55-53-51-49-47-45-43-41-39-37-35-33-31-29-27-25-23-21-19-17-15-13-11-9-7-2/h8-11,14-17,20-23,26-29,32-35,38-41,44-47,50-53,57,59,90H,6-7,12-13,18-19,24-25,30-31,36-37,42-43,48-49,54-56,58,60-89H2,1-5H3/p+1/b10-8-,11-9-,16-14-,17-15-,22-20-,23-21-,28-26-,29-27-,34-32-,35-33-,40-38-,41-39-,46-44-,47-45-,52-50-,53-51-,59-57-. The summed E-state index contributed by atoms with van der Waals surface area (Å²) >= 11 is 0. The van der Waals surface area contributed by atoms with Gasteiger partial charge < -0.3 is 18.9 Å². The molecule has 0 radical (unpaired) electrons. The molecule has 9 nitrogen and oxygen atoms in total. The van der Waals surface area contributed by atoms with Crippen LogP contribution < -0.4 is 0 Å². The molecule has 0 aromatic heterocycles. The zero-order valence-corrected chi connectivity index (χ0v) is 66.7. The molecule has 0 aliphatic carbocycles. The van der Waals surface area contributed by atoms with E-state index in [4.69, 9.17) is 18.5 Å². The molecule has 0 saturated heterocycles. The molecule has 0 heterocycles. The van der Waals surface area contributed by atoms with E-state index in [0.717, 1.165) is 154 Å². The van der Waals surface area contributed by atoms with E-state index in [9.17, 15) is 19.0 Å². The van der Waals surface area contributed by atoms with E-state index < -0.39 is 26.5 Å². The van der Waals surface area contributed by atoms with Gasteiger partial charge in [-0.15, -0.1) is 0 Å². The lowest BCUT2D eigenvalue weighted by Gasteiger charge is -2.24. The highest BCUT2D eigenvalue weighted by Gasteiger charge is 2.27. The molecule has 2 atom stereocenters. The van der Waals surface area contributed by atoms with Crippen LogP contribution in [0.25, 0.3) is 0 Å². The van der Waals surface area contributed by atoms with Crippen LogP contribution in [-0.2, 0) is 32.7 Å². The number of carbonyl (C=O) groups is 2. The first-order chi connectivity index (χ1) is 50.0. The molecule has 0 aromatic carbocycles. The predicted molar refractivity (Wildman–Crippen MR) is 445 cm³/mol. The molecule has 0 saturated carbocycles. The van der Waals surface area contributed by atoms with Gasteiger partial charge in [-0.05, 0) is 148 Å². The van der Waals surface area contributed by atoms with Crippen LogP contribution in [0.15, 0.2) is 207 Å². The van der Waals surface area contributed by atoms with Crippen molar-refractivity contribution < 1.29 is 42.1 Å². The Balaban J connectivity index is 4.05. The topological polar surface area (TPSA) is 108 Å². The quantitative estimate of drug-likeness (QED) is 0.0211. The third-order valence-corrected chi connectivity index (χ3v) is 17.8. The maximum Gasteiger partial charge on any atom is 0.472 e. The molecule has 0 aliphatic rings. The van der Waals surface area contributed by atoms with Gasteiger partial charge in [0.25, 0.3) is 0 Å². The van der Waals surface area contributed by atoms with E-state index in [1.807, 2.05) is 21.1 Å². The van der Waals surface area contributed by atoms with Crippen molar-refractivity contribution in [1.29, 1.82) is 0 Å². The lowest BCUT2D eigenvalue weighted by Crippen LogP contribution is -2.37. The molecule has 10 heteroatoms. The van der Waals surface area contributed by atoms with Crippen molar-refractivity contribution in [3.8, 4) is 0 Å². The number of esters is 2. The number of allylic oxidation sites excluding steroid dienone is 34. The first kappa shape index (κ1) is 96.6. The van der Waals surface area contributed by atoms with Gasteiger partial charge in [-0.1, -0.05) is 355 Å². The van der Waals surface area contributed by atoms with Crippen LogP contribution in [0.5, 0.6) is 0 Å². The number of hydrogen-bond donors (Lipinski definition) is 1. The maximum absolute atomic E-state index is 12.9. The van der Waals surface area contributed by atoms with Crippen LogP contribution in [0.3, 0.4) is 0 Å². The lowest BCUT2D eigenvalue weighted by atomic mass is 10.0. The fraction of sp³-hybridized carbons (Fsp3) is 0.609. The lowest BCUT2D eigenvalue weighted by molar-refractivity contribution is -0.870. The van der Waals surface area contributed by atoms with Crippen LogP contribution in [-0.4, -0.2) is 74.9 Å². The Morgan fingerprint density at radius 2 is 0.529 bits per heavy atom. The minimum Gasteiger partial charge on any atom is -0.462 e. The number of unbranched alkanes of at least 4 members (excludes halogenated alkanes) is 25. The molecular formula is C92H151NO8P+. The molecule has 0 aromatic rings. The van der Waals surface area contributed by atoms with Crippen LogP contribution in [0, 0.1) is 0 Å². The third-order valence-electron chi connectivity index (χ3n) is 16.8. The summed E-state index contributed by atoms with van der Waals surface area (Å²) < 4.78 is 34.8. The fourth-order valence-electron chi connectivity index (χ4n) is 10.7. The van der Waals surface area contributed by atoms with Crippen molar-refractivity contribution in [3.05, 3.63) is 207 Å². The Morgan fingerprint density at radius 1 is 0.304 bits per heavy atom. The summed E-state index contributed by atoms with van der Waals surface area (Å²) in [5.74, 6) is -0.806. The number of quaternary nitrogens is 1. The minimum atomic E-state index is -4.41. The normalized spacial score (nSPS) is 14.1. The van der Waals surface area contributed by atoms with Crippen molar-refractivity contribution in [3.63, 3.8) is 0 Å². The monoisotopic (exact) mass is 1430 g/mol. The molecule has 2 unspecified atom stereocenters. The van der Waals surface area contributed by atoms with E-state index in [2.05, 4.69) is 220 Å². The summed E-state index contributed by atoms with van der Waals surface area (Å²) in [4.78, 5) is 36.0. The molecule has 0 amide bonds. The average Bonchev–Trinajstić information content (AvgIpc) is 0.914. The van der Waals surface area contributed by atoms with Crippen molar-refractivity contribution in [2.75, 3.05) is 47.5 Å². The number of rotatable bonds is 73. The first-order valence-corrected chi connectivity index (χ1v) is 42.3. The van der Waals surface area contributed by atoms with E-state index in [1.54, 1.807) is 0 Å². The minimum absolute atomic E-state index is 0.0226.